The largest absolute Gasteiger partial charge is 0.441 e. The SMILES string of the molecule is CCCC(C#N)N1CCN(CCSC(F)(F)F)CC1. The average Bonchev–Trinajstić information content (AvgIpc) is 2.35. The molecule has 0 N–H and O–H groups in total. The second-order valence-corrected chi connectivity index (χ2v) is 5.77. The summed E-state index contributed by atoms with van der Waals surface area (Å²) in [5.41, 5.74) is -4.13. The molecule has 0 radical (unpaired) electrons. The molecule has 7 heteroatoms. The molecule has 1 rings (SSSR count). The molecule has 0 spiro atoms. The fourth-order valence-corrected chi connectivity index (χ4v) is 2.77. The van der Waals surface area contributed by atoms with Crippen LogP contribution in [-0.2, 0) is 0 Å². The predicted molar refractivity (Wildman–Crippen MR) is 70.8 cm³/mol. The van der Waals surface area contributed by atoms with Gasteiger partial charge in [0.25, 0.3) is 0 Å². The highest BCUT2D eigenvalue weighted by Gasteiger charge is 2.28. The smallest absolute Gasteiger partial charge is 0.300 e. The molecule has 0 aromatic rings. The summed E-state index contributed by atoms with van der Waals surface area (Å²) in [4.78, 5) is 4.17. The molecular weight excluding hydrogens is 275 g/mol. The number of hydrogen-bond donors (Lipinski definition) is 0. The molecule has 0 amide bonds. The van der Waals surface area contributed by atoms with Gasteiger partial charge >= 0.3 is 5.51 Å². The van der Waals surface area contributed by atoms with E-state index in [4.69, 9.17) is 5.26 Å². The number of halogens is 3. The summed E-state index contributed by atoms with van der Waals surface area (Å²) >= 11 is 0.0393. The Kier molecular flexibility index (Phi) is 6.97. The van der Waals surface area contributed by atoms with Crippen LogP contribution in [0.4, 0.5) is 13.2 Å². The van der Waals surface area contributed by atoms with Crippen molar-refractivity contribution in [3.8, 4) is 6.07 Å². The zero-order valence-corrected chi connectivity index (χ0v) is 11.9. The summed E-state index contributed by atoms with van der Waals surface area (Å²) < 4.78 is 36.0. The van der Waals surface area contributed by atoms with Crippen molar-refractivity contribution >= 4 is 11.8 Å². The Bertz CT molecular complexity index is 296. The molecule has 1 saturated heterocycles. The highest BCUT2D eigenvalue weighted by atomic mass is 32.2. The molecule has 1 aliphatic rings. The summed E-state index contributed by atoms with van der Waals surface area (Å²) in [5.74, 6) is 0.0835. The Labute approximate surface area is 116 Å². The van der Waals surface area contributed by atoms with Gasteiger partial charge in [0.05, 0.1) is 12.1 Å². The van der Waals surface area contributed by atoms with Crippen molar-refractivity contribution in [2.75, 3.05) is 38.5 Å². The van der Waals surface area contributed by atoms with E-state index in [1.54, 1.807) is 0 Å². The molecule has 0 aromatic carbocycles. The third-order valence-electron chi connectivity index (χ3n) is 3.23. The zero-order chi connectivity index (χ0) is 14.3. The van der Waals surface area contributed by atoms with Crippen LogP contribution in [0.3, 0.4) is 0 Å². The first-order valence-electron chi connectivity index (χ1n) is 6.53. The number of alkyl halides is 3. The van der Waals surface area contributed by atoms with Gasteiger partial charge in [0.15, 0.2) is 0 Å². The van der Waals surface area contributed by atoms with Gasteiger partial charge in [-0.1, -0.05) is 13.3 Å². The first-order chi connectivity index (χ1) is 8.96. The van der Waals surface area contributed by atoms with E-state index >= 15 is 0 Å². The quantitative estimate of drug-likeness (QED) is 0.753. The lowest BCUT2D eigenvalue weighted by atomic mass is 10.1. The first-order valence-corrected chi connectivity index (χ1v) is 7.51. The monoisotopic (exact) mass is 295 g/mol. The Hall–Kier alpha value is -0.450. The molecule has 3 nitrogen and oxygen atoms in total. The summed E-state index contributed by atoms with van der Waals surface area (Å²) in [6.45, 7) is 5.56. The van der Waals surface area contributed by atoms with E-state index in [1.165, 1.54) is 0 Å². The molecule has 1 fully saturated rings. The standard InChI is InChI=1S/C12H20F3N3S/c1-2-3-11(10-16)18-6-4-17(5-7-18)8-9-19-12(13,14)15/h11H,2-9H2,1H3. The molecule has 19 heavy (non-hydrogen) atoms. The predicted octanol–water partition coefficient (Wildman–Crippen LogP) is 2.55. The van der Waals surface area contributed by atoms with Crippen molar-refractivity contribution < 1.29 is 13.2 Å². The van der Waals surface area contributed by atoms with Crippen LogP contribution in [0.1, 0.15) is 19.8 Å². The van der Waals surface area contributed by atoms with Gasteiger partial charge in [0.2, 0.25) is 0 Å². The third kappa shape index (κ3) is 6.50. The minimum absolute atomic E-state index is 0.0393. The van der Waals surface area contributed by atoms with Crippen LogP contribution < -0.4 is 0 Å². The summed E-state index contributed by atoms with van der Waals surface area (Å²) in [6, 6.07) is 2.26. The molecule has 0 aliphatic carbocycles. The van der Waals surface area contributed by atoms with Crippen LogP contribution in [-0.4, -0.2) is 59.8 Å². The molecule has 110 valence electrons. The lowest BCUT2D eigenvalue weighted by Gasteiger charge is -2.36. The Morgan fingerprint density at radius 1 is 1.26 bits per heavy atom. The summed E-state index contributed by atoms with van der Waals surface area (Å²) in [5, 5.41) is 9.07. The summed E-state index contributed by atoms with van der Waals surface area (Å²) in [7, 11) is 0. The van der Waals surface area contributed by atoms with E-state index < -0.39 is 5.51 Å². The van der Waals surface area contributed by atoms with E-state index in [0.717, 1.165) is 39.0 Å². The molecule has 0 bridgehead atoms. The number of hydrogen-bond acceptors (Lipinski definition) is 4. The molecule has 1 aliphatic heterocycles. The van der Waals surface area contributed by atoms with Gasteiger partial charge in [-0.2, -0.15) is 18.4 Å². The second-order valence-electron chi connectivity index (χ2n) is 4.61. The summed E-state index contributed by atoms with van der Waals surface area (Å²) in [6.07, 6.45) is 1.83. The van der Waals surface area contributed by atoms with Crippen LogP contribution in [0, 0.1) is 11.3 Å². The van der Waals surface area contributed by atoms with Gasteiger partial charge in [-0.25, -0.2) is 0 Å². The topological polar surface area (TPSA) is 30.3 Å². The Morgan fingerprint density at radius 3 is 2.37 bits per heavy atom. The molecule has 1 unspecified atom stereocenters. The van der Waals surface area contributed by atoms with Crippen LogP contribution in [0.15, 0.2) is 0 Å². The number of nitrogens with zero attached hydrogens (tertiary/aromatic N) is 3. The van der Waals surface area contributed by atoms with Crippen LogP contribution in [0.5, 0.6) is 0 Å². The van der Waals surface area contributed by atoms with Gasteiger partial charge < -0.3 is 0 Å². The highest BCUT2D eigenvalue weighted by Crippen LogP contribution is 2.29. The zero-order valence-electron chi connectivity index (χ0n) is 11.1. The maximum atomic E-state index is 12.0. The number of piperazine rings is 1. The van der Waals surface area contributed by atoms with Crippen molar-refractivity contribution in [1.29, 1.82) is 5.26 Å². The van der Waals surface area contributed by atoms with Crippen molar-refractivity contribution in [1.82, 2.24) is 9.80 Å². The number of rotatable bonds is 6. The van der Waals surface area contributed by atoms with Crippen LogP contribution >= 0.6 is 11.8 Å². The molecule has 1 heterocycles. The second kappa shape index (κ2) is 7.98. The minimum atomic E-state index is -4.13. The van der Waals surface area contributed by atoms with Crippen molar-refractivity contribution in [3.63, 3.8) is 0 Å². The van der Waals surface area contributed by atoms with Gasteiger partial charge in [-0.3, -0.25) is 9.80 Å². The highest BCUT2D eigenvalue weighted by molar-refractivity contribution is 8.00. The number of thioether (sulfide) groups is 1. The molecular formula is C12H20F3N3S. The van der Waals surface area contributed by atoms with E-state index in [-0.39, 0.29) is 23.6 Å². The van der Waals surface area contributed by atoms with Gasteiger partial charge in [-0.05, 0) is 18.2 Å². The van der Waals surface area contributed by atoms with Crippen molar-refractivity contribution in [2.24, 2.45) is 0 Å². The minimum Gasteiger partial charge on any atom is -0.300 e. The maximum Gasteiger partial charge on any atom is 0.441 e. The lowest BCUT2D eigenvalue weighted by Crippen LogP contribution is -2.50. The Balaban J connectivity index is 2.23. The van der Waals surface area contributed by atoms with Crippen LogP contribution in [0.25, 0.3) is 0 Å². The van der Waals surface area contributed by atoms with Crippen molar-refractivity contribution in [2.45, 2.75) is 31.3 Å². The molecule has 1 atom stereocenters. The van der Waals surface area contributed by atoms with E-state index in [2.05, 4.69) is 17.9 Å². The van der Waals surface area contributed by atoms with E-state index in [1.807, 2.05) is 4.90 Å². The molecule has 0 saturated carbocycles. The fourth-order valence-electron chi connectivity index (χ4n) is 2.19. The van der Waals surface area contributed by atoms with E-state index in [9.17, 15) is 13.2 Å². The van der Waals surface area contributed by atoms with Crippen LogP contribution in [0.2, 0.25) is 0 Å². The fraction of sp³-hybridized carbons (Fsp3) is 0.917. The van der Waals surface area contributed by atoms with Crippen molar-refractivity contribution in [3.05, 3.63) is 0 Å². The maximum absolute atomic E-state index is 12.0. The van der Waals surface area contributed by atoms with Gasteiger partial charge in [0.1, 0.15) is 0 Å². The van der Waals surface area contributed by atoms with Gasteiger partial charge in [-0.15, -0.1) is 0 Å². The lowest BCUT2D eigenvalue weighted by molar-refractivity contribution is -0.0329. The first kappa shape index (κ1) is 16.6. The van der Waals surface area contributed by atoms with Gasteiger partial charge in [0, 0.05) is 38.5 Å². The normalized spacial score (nSPS) is 20.2. The van der Waals surface area contributed by atoms with E-state index in [0.29, 0.717) is 6.54 Å². The Morgan fingerprint density at radius 2 is 1.89 bits per heavy atom. The number of nitriles is 1. The molecule has 0 aromatic heterocycles. The average molecular weight is 295 g/mol. The third-order valence-corrected chi connectivity index (χ3v) is 3.95.